The van der Waals surface area contributed by atoms with Gasteiger partial charge in [-0.25, -0.2) is 4.79 Å². The van der Waals surface area contributed by atoms with E-state index in [0.717, 1.165) is 0 Å². The largest absolute Gasteiger partial charge is 0.462 e. The summed E-state index contributed by atoms with van der Waals surface area (Å²) < 4.78 is 4.96. The van der Waals surface area contributed by atoms with E-state index in [2.05, 4.69) is 11.9 Å². The number of nitrogens with one attached hydrogen (secondary N) is 1. The van der Waals surface area contributed by atoms with E-state index < -0.39 is 5.91 Å². The summed E-state index contributed by atoms with van der Waals surface area (Å²) in [6.07, 6.45) is 5.58. The van der Waals surface area contributed by atoms with Crippen molar-refractivity contribution in [3.05, 3.63) is 12.2 Å². The first-order valence-electron chi connectivity index (χ1n) is 5.04. The van der Waals surface area contributed by atoms with Crippen LogP contribution in [0.4, 0.5) is 0 Å². The van der Waals surface area contributed by atoms with Gasteiger partial charge in [-0.05, 0) is 25.2 Å². The number of rotatable bonds is 6. The first-order valence-corrected chi connectivity index (χ1v) is 5.04. The molecule has 4 nitrogen and oxygen atoms in total. The smallest absolute Gasteiger partial charge is 0.333 e. The maximum Gasteiger partial charge on any atom is 0.333 e. The Bertz CT molecular complexity index is 315. The summed E-state index contributed by atoms with van der Waals surface area (Å²) in [5, 5.41) is 2.54. The highest BCUT2D eigenvalue weighted by Crippen LogP contribution is 2.03. The average Bonchev–Trinajstić information content (AvgIpc) is 2.25. The lowest BCUT2D eigenvalue weighted by atomic mass is 10.1. The van der Waals surface area contributed by atoms with Crippen LogP contribution in [0.25, 0.3) is 0 Å². The van der Waals surface area contributed by atoms with Crippen molar-refractivity contribution in [3.8, 4) is 12.3 Å². The third kappa shape index (κ3) is 6.66. The van der Waals surface area contributed by atoms with Crippen LogP contribution in [0.1, 0.15) is 20.3 Å². The second kappa shape index (κ2) is 7.52. The van der Waals surface area contributed by atoms with Gasteiger partial charge in [-0.15, -0.1) is 6.42 Å². The van der Waals surface area contributed by atoms with Gasteiger partial charge in [-0.3, -0.25) is 4.79 Å². The van der Waals surface area contributed by atoms with Gasteiger partial charge in [0, 0.05) is 12.1 Å². The van der Waals surface area contributed by atoms with Crippen LogP contribution in [0.2, 0.25) is 0 Å². The van der Waals surface area contributed by atoms with Gasteiger partial charge in [0.1, 0.15) is 0 Å². The molecule has 1 N–H and O–H groups in total. The van der Waals surface area contributed by atoms with E-state index in [1.807, 2.05) is 12.8 Å². The van der Waals surface area contributed by atoms with Gasteiger partial charge in [0.15, 0.2) is 0 Å². The first-order chi connectivity index (χ1) is 7.47. The van der Waals surface area contributed by atoms with E-state index in [1.165, 1.54) is 0 Å². The van der Waals surface area contributed by atoms with Crippen LogP contribution in [0, 0.1) is 18.3 Å². The Hall–Kier alpha value is -1.76. The van der Waals surface area contributed by atoms with E-state index in [1.54, 1.807) is 6.92 Å². The Kier molecular flexibility index (Phi) is 6.69. The molecule has 0 aliphatic heterocycles. The third-order valence-electron chi connectivity index (χ3n) is 1.90. The normalized spacial score (nSPS) is 11.1. The highest BCUT2D eigenvalue weighted by atomic mass is 16.5. The van der Waals surface area contributed by atoms with E-state index in [4.69, 9.17) is 11.2 Å². The number of carbonyl (C=O) groups is 2. The molecule has 0 heterocycles. The summed E-state index contributed by atoms with van der Waals surface area (Å²) >= 11 is 0. The summed E-state index contributed by atoms with van der Waals surface area (Å²) in [6.45, 7) is 7.80. The van der Waals surface area contributed by atoms with Crippen LogP contribution in [0.5, 0.6) is 0 Å². The van der Waals surface area contributed by atoms with Crippen molar-refractivity contribution in [2.75, 3.05) is 13.2 Å². The molecular formula is C12H17NO3. The van der Waals surface area contributed by atoms with Crippen LogP contribution < -0.4 is 5.32 Å². The zero-order valence-electron chi connectivity index (χ0n) is 9.71. The zero-order chi connectivity index (χ0) is 12.6. The summed E-state index contributed by atoms with van der Waals surface area (Å²) in [5.74, 6) is 1.31. The molecule has 0 saturated heterocycles. The molecule has 0 radical (unpaired) electrons. The van der Waals surface area contributed by atoms with Crippen LogP contribution >= 0.6 is 0 Å². The lowest BCUT2D eigenvalue weighted by Crippen LogP contribution is -2.25. The number of ether oxygens (including phenoxy) is 1. The molecule has 1 atom stereocenters. The minimum atomic E-state index is -0.425. The molecule has 88 valence electrons. The minimum Gasteiger partial charge on any atom is -0.462 e. The summed E-state index contributed by atoms with van der Waals surface area (Å²) in [6, 6.07) is 0. The predicted molar refractivity (Wildman–Crippen MR) is 61.4 cm³/mol. The van der Waals surface area contributed by atoms with Crippen molar-refractivity contribution in [2.45, 2.75) is 20.3 Å². The Labute approximate surface area is 96.0 Å². The first kappa shape index (κ1) is 14.2. The SMILES string of the molecule is C#CC(=O)NCCC(C)COC(=O)C(=C)C. The lowest BCUT2D eigenvalue weighted by molar-refractivity contribution is -0.140. The summed E-state index contributed by atoms with van der Waals surface area (Å²) in [7, 11) is 0. The Balaban J connectivity index is 3.64. The van der Waals surface area contributed by atoms with Crippen molar-refractivity contribution in [2.24, 2.45) is 5.92 Å². The van der Waals surface area contributed by atoms with E-state index in [9.17, 15) is 9.59 Å². The quantitative estimate of drug-likeness (QED) is 0.413. The van der Waals surface area contributed by atoms with E-state index in [-0.39, 0.29) is 11.9 Å². The van der Waals surface area contributed by atoms with Gasteiger partial charge in [0.2, 0.25) is 0 Å². The molecule has 16 heavy (non-hydrogen) atoms. The Morgan fingerprint density at radius 1 is 1.56 bits per heavy atom. The van der Waals surface area contributed by atoms with Crippen LogP contribution in [-0.2, 0) is 14.3 Å². The fourth-order valence-corrected chi connectivity index (χ4v) is 0.908. The minimum absolute atomic E-state index is 0.168. The topological polar surface area (TPSA) is 55.4 Å². The molecular weight excluding hydrogens is 206 g/mol. The summed E-state index contributed by atoms with van der Waals surface area (Å²) in [4.78, 5) is 21.8. The summed E-state index contributed by atoms with van der Waals surface area (Å²) in [5.41, 5.74) is 0.382. The maximum atomic E-state index is 11.1. The predicted octanol–water partition coefficient (Wildman–Crippen LogP) is 0.881. The van der Waals surface area contributed by atoms with Gasteiger partial charge in [-0.1, -0.05) is 13.5 Å². The number of esters is 1. The molecule has 1 amide bonds. The van der Waals surface area contributed by atoms with E-state index >= 15 is 0 Å². The number of terminal acetylenes is 1. The molecule has 0 fully saturated rings. The van der Waals surface area contributed by atoms with Crippen LogP contribution in [0.15, 0.2) is 12.2 Å². The van der Waals surface area contributed by atoms with Gasteiger partial charge < -0.3 is 10.1 Å². The molecule has 0 aromatic carbocycles. The van der Waals surface area contributed by atoms with Crippen LogP contribution in [-0.4, -0.2) is 25.0 Å². The second-order valence-electron chi connectivity index (χ2n) is 3.67. The second-order valence-corrected chi connectivity index (χ2v) is 3.67. The third-order valence-corrected chi connectivity index (χ3v) is 1.90. The van der Waals surface area contributed by atoms with Crippen molar-refractivity contribution in [1.29, 1.82) is 0 Å². The van der Waals surface area contributed by atoms with Gasteiger partial charge >= 0.3 is 5.97 Å². The van der Waals surface area contributed by atoms with Gasteiger partial charge in [0.25, 0.3) is 5.91 Å². The van der Waals surface area contributed by atoms with Crippen LogP contribution in [0.3, 0.4) is 0 Å². The fourth-order valence-electron chi connectivity index (χ4n) is 0.908. The molecule has 0 aromatic heterocycles. The molecule has 0 rings (SSSR count). The highest BCUT2D eigenvalue weighted by molar-refractivity contribution is 5.92. The Morgan fingerprint density at radius 2 is 2.19 bits per heavy atom. The number of carbonyl (C=O) groups excluding carboxylic acids is 2. The highest BCUT2D eigenvalue weighted by Gasteiger charge is 2.07. The molecule has 0 bridgehead atoms. The zero-order valence-corrected chi connectivity index (χ0v) is 9.71. The lowest BCUT2D eigenvalue weighted by Gasteiger charge is -2.11. The van der Waals surface area contributed by atoms with Crippen molar-refractivity contribution < 1.29 is 14.3 Å². The van der Waals surface area contributed by atoms with E-state index in [0.29, 0.717) is 25.1 Å². The monoisotopic (exact) mass is 223 g/mol. The molecule has 1 unspecified atom stereocenters. The standard InChI is InChI=1S/C12H17NO3/c1-5-11(14)13-7-6-10(4)8-16-12(15)9(2)3/h1,10H,2,6-8H2,3-4H3,(H,13,14). The number of amides is 1. The fraction of sp³-hybridized carbons (Fsp3) is 0.500. The Morgan fingerprint density at radius 3 is 2.69 bits per heavy atom. The molecule has 0 aliphatic rings. The molecule has 0 aliphatic carbocycles. The molecule has 0 aromatic rings. The molecule has 0 spiro atoms. The van der Waals surface area contributed by atoms with Crippen molar-refractivity contribution >= 4 is 11.9 Å². The number of hydrogen-bond donors (Lipinski definition) is 1. The molecule has 0 saturated carbocycles. The average molecular weight is 223 g/mol. The van der Waals surface area contributed by atoms with Crippen molar-refractivity contribution in [1.82, 2.24) is 5.32 Å². The maximum absolute atomic E-state index is 11.1. The molecule has 4 heteroatoms. The van der Waals surface area contributed by atoms with Gasteiger partial charge in [-0.2, -0.15) is 0 Å². The van der Waals surface area contributed by atoms with Crippen molar-refractivity contribution in [3.63, 3.8) is 0 Å². The van der Waals surface area contributed by atoms with Gasteiger partial charge in [0.05, 0.1) is 6.61 Å². The number of hydrogen-bond acceptors (Lipinski definition) is 3.